The largest absolute Gasteiger partial charge is 0.494 e. The van der Waals surface area contributed by atoms with Gasteiger partial charge in [-0.05, 0) is 54.7 Å². The smallest absolute Gasteiger partial charge is 0.324 e. The van der Waals surface area contributed by atoms with E-state index >= 15 is 0 Å². The number of urea groups is 1. The third-order valence-corrected chi connectivity index (χ3v) is 7.84. The van der Waals surface area contributed by atoms with Gasteiger partial charge in [-0.1, -0.05) is 66.7 Å². The number of amides is 4. The minimum Gasteiger partial charge on any atom is -0.494 e. The molecular weight excluding hydrogens is 562 g/mol. The van der Waals surface area contributed by atoms with Gasteiger partial charge in [-0.2, -0.15) is 0 Å². The van der Waals surface area contributed by atoms with Crippen LogP contribution in [0.4, 0.5) is 4.79 Å². The van der Waals surface area contributed by atoms with Crippen molar-refractivity contribution in [3.8, 4) is 5.75 Å². The van der Waals surface area contributed by atoms with Crippen molar-refractivity contribution in [1.82, 2.24) is 20.5 Å². The summed E-state index contributed by atoms with van der Waals surface area (Å²) >= 11 is 1.20. The van der Waals surface area contributed by atoms with Gasteiger partial charge in [0.2, 0.25) is 0 Å². The predicted molar refractivity (Wildman–Crippen MR) is 168 cm³/mol. The number of nitrogens with one attached hydrogen (secondary N) is 2. The Bertz CT molecular complexity index is 1490. The molecule has 224 valence electrons. The van der Waals surface area contributed by atoms with E-state index in [0.29, 0.717) is 35.9 Å². The zero-order valence-electron chi connectivity index (χ0n) is 24.4. The first-order chi connectivity index (χ1) is 20.9. The van der Waals surface area contributed by atoms with E-state index in [4.69, 9.17) is 10.5 Å². The molecule has 0 spiro atoms. The molecule has 1 heterocycles. The van der Waals surface area contributed by atoms with Gasteiger partial charge in [-0.25, -0.2) is 9.78 Å². The zero-order chi connectivity index (χ0) is 30.6. The van der Waals surface area contributed by atoms with Gasteiger partial charge in [-0.15, -0.1) is 11.3 Å². The van der Waals surface area contributed by atoms with Crippen LogP contribution in [0.3, 0.4) is 0 Å². The molecule has 10 heteroatoms. The van der Waals surface area contributed by atoms with E-state index in [1.54, 1.807) is 12.4 Å². The Kier molecular flexibility index (Phi) is 11.4. The minimum absolute atomic E-state index is 0.135. The molecule has 0 saturated heterocycles. The monoisotopic (exact) mass is 599 g/mol. The van der Waals surface area contributed by atoms with Crippen LogP contribution in [0.2, 0.25) is 0 Å². The maximum atomic E-state index is 14.2. The molecule has 4 N–H and O–H groups in total. The van der Waals surface area contributed by atoms with E-state index < -0.39 is 23.9 Å². The lowest BCUT2D eigenvalue weighted by atomic mass is 10.0. The number of nitrogens with zero attached hydrogens (tertiary/aromatic N) is 2. The third kappa shape index (κ3) is 8.97. The quantitative estimate of drug-likeness (QED) is 0.206. The number of aromatic nitrogens is 1. The van der Waals surface area contributed by atoms with Crippen molar-refractivity contribution in [3.63, 3.8) is 0 Å². The molecule has 0 bridgehead atoms. The van der Waals surface area contributed by atoms with Crippen molar-refractivity contribution >= 4 is 29.2 Å². The molecule has 1 aromatic heterocycles. The second-order valence-corrected chi connectivity index (χ2v) is 10.8. The Balaban J connectivity index is 1.58. The lowest BCUT2D eigenvalue weighted by Gasteiger charge is -2.27. The summed E-state index contributed by atoms with van der Waals surface area (Å²) < 4.78 is 5.55. The van der Waals surface area contributed by atoms with Crippen molar-refractivity contribution < 1.29 is 19.1 Å². The lowest BCUT2D eigenvalue weighted by molar-refractivity contribution is -0.130. The average Bonchev–Trinajstić information content (AvgIpc) is 3.47. The van der Waals surface area contributed by atoms with E-state index in [1.165, 1.54) is 16.2 Å². The molecule has 0 aliphatic heterocycles. The standard InChI is InChI=1S/C33H37N5O4S/c1-3-42-28-15-13-25(14-16-28)19-29(37-31(39)30-23(2)36-22-43-30)32(40)38(18-17-24-7-5-4-6-8-24)33(41)35-21-27-11-9-26(20-34)10-12-27/h4-16,22,29H,3,17-21,34H2,1-2H3,(H,35,41)(H,37,39)/t29-/m1/s1. The number of hydrogen-bond acceptors (Lipinski definition) is 7. The number of aryl methyl sites for hydroxylation is 1. The Morgan fingerprint density at radius 1 is 0.930 bits per heavy atom. The Morgan fingerprint density at radius 3 is 2.23 bits per heavy atom. The van der Waals surface area contributed by atoms with Crippen molar-refractivity contribution in [2.24, 2.45) is 5.73 Å². The molecule has 4 amide bonds. The van der Waals surface area contributed by atoms with Crippen LogP contribution in [-0.2, 0) is 30.7 Å². The maximum Gasteiger partial charge on any atom is 0.324 e. The molecule has 0 saturated carbocycles. The predicted octanol–water partition coefficient (Wildman–Crippen LogP) is 4.63. The summed E-state index contributed by atoms with van der Waals surface area (Å²) in [5, 5.41) is 5.77. The summed E-state index contributed by atoms with van der Waals surface area (Å²) in [6, 6.07) is 23.1. The van der Waals surface area contributed by atoms with Crippen LogP contribution < -0.4 is 21.1 Å². The molecular formula is C33H37N5O4S. The molecule has 3 aromatic carbocycles. The topological polar surface area (TPSA) is 127 Å². The molecule has 0 aliphatic carbocycles. The Morgan fingerprint density at radius 2 is 1.60 bits per heavy atom. The molecule has 43 heavy (non-hydrogen) atoms. The number of benzene rings is 3. The van der Waals surface area contributed by atoms with Crippen molar-refractivity contribution in [1.29, 1.82) is 0 Å². The number of nitrogens with two attached hydrogens (primary N) is 1. The van der Waals surface area contributed by atoms with Crippen LogP contribution in [0.25, 0.3) is 0 Å². The van der Waals surface area contributed by atoms with Crippen LogP contribution in [0.15, 0.2) is 84.4 Å². The van der Waals surface area contributed by atoms with E-state index in [9.17, 15) is 14.4 Å². The van der Waals surface area contributed by atoms with E-state index in [0.717, 1.165) is 22.3 Å². The molecule has 0 fully saturated rings. The van der Waals surface area contributed by atoms with Crippen LogP contribution in [0, 0.1) is 6.92 Å². The van der Waals surface area contributed by atoms with Crippen LogP contribution in [0.5, 0.6) is 5.75 Å². The fraction of sp³-hybridized carbons (Fsp3) is 0.273. The van der Waals surface area contributed by atoms with E-state index in [1.807, 2.05) is 85.8 Å². The number of ether oxygens (including phenoxy) is 1. The molecule has 0 aliphatic rings. The van der Waals surface area contributed by atoms with Gasteiger partial charge in [-0.3, -0.25) is 14.5 Å². The maximum absolute atomic E-state index is 14.2. The van der Waals surface area contributed by atoms with Crippen LogP contribution in [0.1, 0.15) is 44.5 Å². The highest BCUT2D eigenvalue weighted by molar-refractivity contribution is 7.11. The van der Waals surface area contributed by atoms with Gasteiger partial charge in [0.05, 0.1) is 17.8 Å². The molecule has 0 unspecified atom stereocenters. The SMILES string of the molecule is CCOc1ccc(C[C@@H](NC(=O)c2scnc2C)C(=O)N(CCc2ccccc2)C(=O)NCc2ccc(CN)cc2)cc1. The van der Waals surface area contributed by atoms with E-state index in [2.05, 4.69) is 15.6 Å². The summed E-state index contributed by atoms with van der Waals surface area (Å²) in [4.78, 5) is 46.8. The summed E-state index contributed by atoms with van der Waals surface area (Å²) in [6.45, 7) is 4.98. The summed E-state index contributed by atoms with van der Waals surface area (Å²) in [5.41, 5.74) is 11.5. The second kappa shape index (κ2) is 15.6. The second-order valence-electron chi connectivity index (χ2n) is 9.98. The van der Waals surface area contributed by atoms with Crippen LogP contribution >= 0.6 is 11.3 Å². The fourth-order valence-corrected chi connectivity index (χ4v) is 5.23. The van der Waals surface area contributed by atoms with Gasteiger partial charge in [0.1, 0.15) is 16.7 Å². The number of imide groups is 1. The van der Waals surface area contributed by atoms with Gasteiger partial charge >= 0.3 is 6.03 Å². The first-order valence-corrected chi connectivity index (χ1v) is 15.1. The number of rotatable bonds is 13. The molecule has 0 radical (unpaired) electrons. The highest BCUT2D eigenvalue weighted by Crippen LogP contribution is 2.17. The van der Waals surface area contributed by atoms with E-state index in [-0.39, 0.29) is 19.5 Å². The zero-order valence-corrected chi connectivity index (χ0v) is 25.2. The highest BCUT2D eigenvalue weighted by Gasteiger charge is 2.31. The Labute approximate surface area is 256 Å². The van der Waals surface area contributed by atoms with Gasteiger partial charge < -0.3 is 21.1 Å². The summed E-state index contributed by atoms with van der Waals surface area (Å²) in [5.74, 6) is -0.203. The minimum atomic E-state index is -1.00. The Hall–Kier alpha value is -4.54. The van der Waals surface area contributed by atoms with Crippen molar-refractivity contribution in [2.75, 3.05) is 13.2 Å². The average molecular weight is 600 g/mol. The number of carbonyl (C=O) groups excluding carboxylic acids is 3. The first kappa shape index (κ1) is 31.4. The summed E-state index contributed by atoms with van der Waals surface area (Å²) in [6.07, 6.45) is 0.646. The summed E-state index contributed by atoms with van der Waals surface area (Å²) in [7, 11) is 0. The van der Waals surface area contributed by atoms with Crippen molar-refractivity contribution in [3.05, 3.63) is 117 Å². The van der Waals surface area contributed by atoms with Gasteiger partial charge in [0.25, 0.3) is 11.8 Å². The first-order valence-electron chi connectivity index (χ1n) is 14.2. The van der Waals surface area contributed by atoms with Crippen LogP contribution in [-0.4, -0.2) is 46.9 Å². The third-order valence-electron chi connectivity index (χ3n) is 6.91. The number of hydrogen-bond donors (Lipinski definition) is 3. The lowest BCUT2D eigenvalue weighted by Crippen LogP contribution is -2.54. The highest BCUT2D eigenvalue weighted by atomic mass is 32.1. The normalized spacial score (nSPS) is 11.4. The molecule has 1 atom stereocenters. The molecule has 4 aromatic rings. The van der Waals surface area contributed by atoms with Gasteiger partial charge in [0, 0.05) is 26.1 Å². The molecule has 4 rings (SSSR count). The van der Waals surface area contributed by atoms with Crippen molar-refractivity contribution in [2.45, 2.75) is 45.8 Å². The fourth-order valence-electron chi connectivity index (χ4n) is 4.52. The van der Waals surface area contributed by atoms with Gasteiger partial charge in [0.15, 0.2) is 0 Å². The number of thiazole rings is 1. The number of carbonyl (C=O) groups is 3. The molecule has 9 nitrogen and oxygen atoms in total.